The maximum atomic E-state index is 11.7. The molecular formula is C11H20N2O4. The molecule has 1 fully saturated rings. The van der Waals surface area contributed by atoms with E-state index >= 15 is 0 Å². The number of amides is 2. The van der Waals surface area contributed by atoms with Gasteiger partial charge in [0.15, 0.2) is 0 Å². The predicted octanol–water partition coefficient (Wildman–Crippen LogP) is 1.48. The Morgan fingerprint density at radius 2 is 1.76 bits per heavy atom. The van der Waals surface area contributed by atoms with E-state index in [-0.39, 0.29) is 12.2 Å². The van der Waals surface area contributed by atoms with Gasteiger partial charge in [0.05, 0.1) is 0 Å². The molecule has 2 amide bonds. The van der Waals surface area contributed by atoms with Crippen LogP contribution < -0.4 is 5.73 Å². The van der Waals surface area contributed by atoms with Crippen molar-refractivity contribution in [1.29, 1.82) is 0 Å². The molecule has 0 saturated carbocycles. The first-order valence-electron chi connectivity index (χ1n) is 5.72. The molecular weight excluding hydrogens is 224 g/mol. The summed E-state index contributed by atoms with van der Waals surface area (Å²) in [5.74, 6) is 0. The highest BCUT2D eigenvalue weighted by atomic mass is 16.6. The maximum Gasteiger partial charge on any atom is 0.410 e. The second kappa shape index (κ2) is 5.25. The normalized spacial score (nSPS) is 17.7. The van der Waals surface area contributed by atoms with Gasteiger partial charge in [0.2, 0.25) is 0 Å². The van der Waals surface area contributed by atoms with Crippen molar-refractivity contribution in [2.75, 3.05) is 13.1 Å². The van der Waals surface area contributed by atoms with E-state index < -0.39 is 11.7 Å². The fourth-order valence-electron chi connectivity index (χ4n) is 1.65. The third-order valence-electron chi connectivity index (χ3n) is 2.38. The first kappa shape index (κ1) is 13.6. The minimum atomic E-state index is -0.763. The average Bonchev–Trinajstić information content (AvgIpc) is 2.15. The molecule has 0 spiro atoms. The number of nitrogens with zero attached hydrogens (tertiary/aromatic N) is 1. The van der Waals surface area contributed by atoms with Gasteiger partial charge in [-0.3, -0.25) is 0 Å². The number of hydrogen-bond donors (Lipinski definition) is 1. The fourth-order valence-corrected chi connectivity index (χ4v) is 1.65. The summed E-state index contributed by atoms with van der Waals surface area (Å²) >= 11 is 0. The SMILES string of the molecule is CC(C)(C)OC(=O)N1CCC(OC(N)=O)CC1. The Morgan fingerprint density at radius 1 is 1.24 bits per heavy atom. The minimum Gasteiger partial charge on any atom is -0.446 e. The van der Waals surface area contributed by atoms with E-state index in [1.807, 2.05) is 20.8 Å². The van der Waals surface area contributed by atoms with Crippen molar-refractivity contribution in [2.45, 2.75) is 45.3 Å². The van der Waals surface area contributed by atoms with Crippen molar-refractivity contribution >= 4 is 12.2 Å². The van der Waals surface area contributed by atoms with E-state index in [4.69, 9.17) is 15.2 Å². The van der Waals surface area contributed by atoms with E-state index in [1.54, 1.807) is 4.90 Å². The van der Waals surface area contributed by atoms with Gasteiger partial charge < -0.3 is 20.1 Å². The van der Waals surface area contributed by atoms with Crippen molar-refractivity contribution < 1.29 is 19.1 Å². The fraction of sp³-hybridized carbons (Fsp3) is 0.818. The van der Waals surface area contributed by atoms with Crippen LogP contribution in [0.15, 0.2) is 0 Å². The maximum absolute atomic E-state index is 11.7. The van der Waals surface area contributed by atoms with E-state index in [0.717, 1.165) is 0 Å². The zero-order chi connectivity index (χ0) is 13.1. The summed E-state index contributed by atoms with van der Waals surface area (Å²) < 4.78 is 10.1. The number of piperidine rings is 1. The lowest BCUT2D eigenvalue weighted by Crippen LogP contribution is -2.44. The van der Waals surface area contributed by atoms with Crippen LogP contribution in [0.5, 0.6) is 0 Å². The van der Waals surface area contributed by atoms with Crippen LogP contribution in [0.2, 0.25) is 0 Å². The molecule has 0 radical (unpaired) electrons. The van der Waals surface area contributed by atoms with Crippen LogP contribution in [-0.2, 0) is 9.47 Å². The number of primary amides is 1. The molecule has 1 heterocycles. The standard InChI is InChI=1S/C11H20N2O4/c1-11(2,3)17-10(15)13-6-4-8(5-7-13)16-9(12)14/h8H,4-7H2,1-3H3,(H2,12,14). The van der Waals surface area contributed by atoms with Gasteiger partial charge in [0.25, 0.3) is 0 Å². The lowest BCUT2D eigenvalue weighted by molar-refractivity contribution is 0.00750. The van der Waals surface area contributed by atoms with E-state index in [9.17, 15) is 9.59 Å². The van der Waals surface area contributed by atoms with Crippen molar-refractivity contribution in [3.63, 3.8) is 0 Å². The molecule has 6 nitrogen and oxygen atoms in total. The van der Waals surface area contributed by atoms with Crippen molar-refractivity contribution in [3.05, 3.63) is 0 Å². The molecule has 6 heteroatoms. The van der Waals surface area contributed by atoms with Crippen LogP contribution in [0.4, 0.5) is 9.59 Å². The molecule has 0 aromatic heterocycles. The van der Waals surface area contributed by atoms with Gasteiger partial charge in [-0.1, -0.05) is 0 Å². The van der Waals surface area contributed by atoms with E-state index in [2.05, 4.69) is 0 Å². The molecule has 0 aliphatic carbocycles. The van der Waals surface area contributed by atoms with Gasteiger partial charge in [0, 0.05) is 25.9 Å². The van der Waals surface area contributed by atoms with Gasteiger partial charge in [0.1, 0.15) is 11.7 Å². The predicted molar refractivity (Wildman–Crippen MR) is 61.5 cm³/mol. The summed E-state index contributed by atoms with van der Waals surface area (Å²) in [4.78, 5) is 23.9. The monoisotopic (exact) mass is 244 g/mol. The Morgan fingerprint density at radius 3 is 2.18 bits per heavy atom. The molecule has 1 rings (SSSR count). The van der Waals surface area contributed by atoms with Crippen LogP contribution >= 0.6 is 0 Å². The second-order valence-corrected chi connectivity index (χ2v) is 5.10. The molecule has 0 aromatic rings. The van der Waals surface area contributed by atoms with Gasteiger partial charge in [-0.05, 0) is 20.8 Å². The number of carbonyl (C=O) groups excluding carboxylic acids is 2. The van der Waals surface area contributed by atoms with E-state index in [0.29, 0.717) is 25.9 Å². The van der Waals surface area contributed by atoms with Crippen molar-refractivity contribution in [1.82, 2.24) is 4.90 Å². The molecule has 0 bridgehead atoms. The van der Waals surface area contributed by atoms with E-state index in [1.165, 1.54) is 0 Å². The highest BCUT2D eigenvalue weighted by Crippen LogP contribution is 2.17. The summed E-state index contributed by atoms with van der Waals surface area (Å²) in [7, 11) is 0. The Labute approximate surface area is 101 Å². The van der Waals surface area contributed by atoms with Crippen LogP contribution in [0.1, 0.15) is 33.6 Å². The third kappa shape index (κ3) is 4.93. The number of carbonyl (C=O) groups is 2. The summed E-state index contributed by atoms with van der Waals surface area (Å²) in [6.45, 7) is 6.52. The number of hydrogen-bond acceptors (Lipinski definition) is 4. The Bertz CT molecular complexity index is 290. The number of likely N-dealkylation sites (tertiary alicyclic amines) is 1. The van der Waals surface area contributed by atoms with Gasteiger partial charge in [-0.25, -0.2) is 9.59 Å². The molecule has 1 aliphatic heterocycles. The molecule has 1 saturated heterocycles. The molecule has 17 heavy (non-hydrogen) atoms. The molecule has 1 aliphatic rings. The van der Waals surface area contributed by atoms with Crippen molar-refractivity contribution in [3.8, 4) is 0 Å². The Kier molecular flexibility index (Phi) is 4.20. The van der Waals surface area contributed by atoms with Gasteiger partial charge in [-0.2, -0.15) is 0 Å². The average molecular weight is 244 g/mol. The largest absolute Gasteiger partial charge is 0.446 e. The number of ether oxygens (including phenoxy) is 2. The Hall–Kier alpha value is -1.46. The molecule has 0 aromatic carbocycles. The second-order valence-electron chi connectivity index (χ2n) is 5.10. The highest BCUT2D eigenvalue weighted by Gasteiger charge is 2.27. The number of rotatable bonds is 1. The van der Waals surface area contributed by atoms with Crippen LogP contribution in [0.3, 0.4) is 0 Å². The third-order valence-corrected chi connectivity index (χ3v) is 2.38. The Balaban J connectivity index is 2.36. The van der Waals surface area contributed by atoms with Crippen molar-refractivity contribution in [2.24, 2.45) is 5.73 Å². The van der Waals surface area contributed by atoms with Crippen LogP contribution in [0.25, 0.3) is 0 Å². The molecule has 0 unspecified atom stereocenters. The van der Waals surface area contributed by atoms with Crippen LogP contribution in [0, 0.1) is 0 Å². The zero-order valence-corrected chi connectivity index (χ0v) is 10.6. The first-order chi connectivity index (χ1) is 7.78. The molecule has 98 valence electrons. The van der Waals surface area contributed by atoms with Crippen LogP contribution in [-0.4, -0.2) is 41.9 Å². The molecule has 0 atom stereocenters. The lowest BCUT2D eigenvalue weighted by Gasteiger charge is -2.32. The first-order valence-corrected chi connectivity index (χ1v) is 5.72. The van der Waals surface area contributed by atoms with Gasteiger partial charge in [-0.15, -0.1) is 0 Å². The minimum absolute atomic E-state index is 0.189. The zero-order valence-electron chi connectivity index (χ0n) is 10.6. The number of nitrogens with two attached hydrogens (primary N) is 1. The quantitative estimate of drug-likeness (QED) is 0.757. The lowest BCUT2D eigenvalue weighted by atomic mass is 10.1. The highest BCUT2D eigenvalue weighted by molar-refractivity contribution is 5.68. The summed E-state index contributed by atoms with van der Waals surface area (Å²) in [6.07, 6.45) is -0.0772. The smallest absolute Gasteiger partial charge is 0.410 e. The molecule has 2 N–H and O–H groups in total. The van der Waals surface area contributed by atoms with Gasteiger partial charge >= 0.3 is 12.2 Å². The summed E-state index contributed by atoms with van der Waals surface area (Å²) in [5.41, 5.74) is 4.45. The topological polar surface area (TPSA) is 81.9 Å². The summed E-state index contributed by atoms with van der Waals surface area (Å²) in [6, 6.07) is 0. The summed E-state index contributed by atoms with van der Waals surface area (Å²) in [5, 5.41) is 0.